The van der Waals surface area contributed by atoms with Crippen LogP contribution in [0.15, 0.2) is 59.1 Å². The summed E-state index contributed by atoms with van der Waals surface area (Å²) in [5.74, 6) is 1.45. The zero-order valence-electron chi connectivity index (χ0n) is 19.2. The van der Waals surface area contributed by atoms with Crippen molar-refractivity contribution in [3.63, 3.8) is 0 Å². The van der Waals surface area contributed by atoms with Crippen LogP contribution in [0.2, 0.25) is 5.02 Å². The molecule has 3 aromatic rings. The van der Waals surface area contributed by atoms with Gasteiger partial charge in [-0.3, -0.25) is 0 Å². The number of hydrogen-bond donors (Lipinski definition) is 1. The molecule has 0 spiro atoms. The van der Waals surface area contributed by atoms with Gasteiger partial charge in [0, 0.05) is 35.4 Å². The predicted molar refractivity (Wildman–Crippen MR) is 141 cm³/mol. The zero-order valence-corrected chi connectivity index (χ0v) is 21.5. The van der Waals surface area contributed by atoms with E-state index in [9.17, 15) is 0 Å². The van der Waals surface area contributed by atoms with Crippen molar-refractivity contribution in [2.75, 3.05) is 30.4 Å². The fraction of sp³-hybridized carbons (Fsp3) is 0.333. The molecule has 1 fully saturated rings. The van der Waals surface area contributed by atoms with E-state index in [0.717, 1.165) is 50.8 Å². The maximum atomic E-state index is 6.65. The monoisotopic (exact) mass is 528 g/mol. The molecule has 1 N–H and O–H groups in total. The number of aryl methyl sites for hydroxylation is 1. The number of nitrogens with one attached hydrogen (secondary N) is 1. The molecule has 0 amide bonds. The maximum absolute atomic E-state index is 6.65. The van der Waals surface area contributed by atoms with E-state index in [4.69, 9.17) is 21.1 Å². The lowest BCUT2D eigenvalue weighted by molar-refractivity contribution is 0.281. The Hall–Kier alpha value is -2.37. The molecule has 1 saturated heterocycles. The van der Waals surface area contributed by atoms with E-state index in [1.165, 1.54) is 24.8 Å². The molecule has 0 unspecified atom stereocenters. The SMILES string of the molecule is COc1ccc(Br)c(CNc2ccc(N3CCCCC3)c(Cl)c2)c1OCc1ccccc1C. The maximum Gasteiger partial charge on any atom is 0.167 e. The van der Waals surface area contributed by atoms with Crippen molar-refractivity contribution in [2.24, 2.45) is 0 Å². The molecule has 33 heavy (non-hydrogen) atoms. The van der Waals surface area contributed by atoms with E-state index in [0.29, 0.717) is 18.9 Å². The minimum absolute atomic E-state index is 0.475. The number of piperidine rings is 1. The van der Waals surface area contributed by atoms with Crippen molar-refractivity contribution in [1.82, 2.24) is 0 Å². The van der Waals surface area contributed by atoms with E-state index < -0.39 is 0 Å². The number of halogens is 2. The molecule has 4 rings (SSSR count). The molecule has 1 heterocycles. The van der Waals surface area contributed by atoms with Gasteiger partial charge in [-0.2, -0.15) is 0 Å². The van der Waals surface area contributed by atoms with Crippen LogP contribution in [0.5, 0.6) is 11.5 Å². The van der Waals surface area contributed by atoms with Crippen molar-refractivity contribution >= 4 is 38.9 Å². The molecule has 0 radical (unpaired) electrons. The molecule has 3 aromatic carbocycles. The van der Waals surface area contributed by atoms with Crippen molar-refractivity contribution in [3.05, 3.63) is 80.8 Å². The Bertz CT molecular complexity index is 1100. The van der Waals surface area contributed by atoms with Gasteiger partial charge in [0.05, 0.1) is 17.8 Å². The molecule has 0 aliphatic carbocycles. The molecular formula is C27H30BrClN2O2. The third-order valence-corrected chi connectivity index (χ3v) is 7.18. The van der Waals surface area contributed by atoms with Gasteiger partial charge in [-0.1, -0.05) is 51.8 Å². The van der Waals surface area contributed by atoms with Crippen molar-refractivity contribution in [3.8, 4) is 11.5 Å². The van der Waals surface area contributed by atoms with Gasteiger partial charge in [0.15, 0.2) is 11.5 Å². The second-order valence-electron chi connectivity index (χ2n) is 8.34. The van der Waals surface area contributed by atoms with Crippen LogP contribution in [0.4, 0.5) is 11.4 Å². The van der Waals surface area contributed by atoms with Gasteiger partial charge < -0.3 is 19.7 Å². The Balaban J connectivity index is 1.51. The number of methoxy groups -OCH3 is 1. The third-order valence-electron chi connectivity index (χ3n) is 6.13. The van der Waals surface area contributed by atoms with Crippen molar-refractivity contribution < 1.29 is 9.47 Å². The highest BCUT2D eigenvalue weighted by atomic mass is 79.9. The molecular weight excluding hydrogens is 500 g/mol. The topological polar surface area (TPSA) is 33.7 Å². The van der Waals surface area contributed by atoms with E-state index in [1.54, 1.807) is 7.11 Å². The Morgan fingerprint density at radius 2 is 1.82 bits per heavy atom. The molecule has 4 nitrogen and oxygen atoms in total. The summed E-state index contributed by atoms with van der Waals surface area (Å²) in [6.07, 6.45) is 3.76. The van der Waals surface area contributed by atoms with Crippen molar-refractivity contribution in [1.29, 1.82) is 0 Å². The Kier molecular flexibility index (Phi) is 8.05. The van der Waals surface area contributed by atoms with Gasteiger partial charge in [0.25, 0.3) is 0 Å². The van der Waals surface area contributed by atoms with Gasteiger partial charge in [-0.05, 0) is 67.6 Å². The Morgan fingerprint density at radius 1 is 1.03 bits per heavy atom. The summed E-state index contributed by atoms with van der Waals surface area (Å²) in [6.45, 7) is 5.29. The summed E-state index contributed by atoms with van der Waals surface area (Å²) >= 11 is 10.3. The van der Waals surface area contributed by atoms with E-state index in [1.807, 2.05) is 30.3 Å². The summed E-state index contributed by atoms with van der Waals surface area (Å²) in [6, 6.07) is 18.4. The van der Waals surface area contributed by atoms with E-state index >= 15 is 0 Å². The van der Waals surface area contributed by atoms with Crippen LogP contribution in [0.25, 0.3) is 0 Å². The van der Waals surface area contributed by atoms with E-state index in [-0.39, 0.29) is 0 Å². The number of hydrogen-bond acceptors (Lipinski definition) is 4. The van der Waals surface area contributed by atoms with Crippen LogP contribution in [0.1, 0.15) is 36.0 Å². The lowest BCUT2D eigenvalue weighted by Gasteiger charge is -2.29. The molecule has 1 aliphatic rings. The summed E-state index contributed by atoms with van der Waals surface area (Å²) < 4.78 is 12.9. The summed E-state index contributed by atoms with van der Waals surface area (Å²) in [4.78, 5) is 2.38. The van der Waals surface area contributed by atoms with Gasteiger partial charge in [-0.15, -0.1) is 0 Å². The summed E-state index contributed by atoms with van der Waals surface area (Å²) in [5.41, 5.74) is 5.44. The summed E-state index contributed by atoms with van der Waals surface area (Å²) in [5, 5.41) is 4.29. The van der Waals surface area contributed by atoms with Crippen LogP contribution < -0.4 is 19.7 Å². The van der Waals surface area contributed by atoms with E-state index in [2.05, 4.69) is 57.3 Å². The van der Waals surface area contributed by atoms with Gasteiger partial charge in [0.1, 0.15) is 6.61 Å². The average molecular weight is 530 g/mol. The third kappa shape index (κ3) is 5.77. The lowest BCUT2D eigenvalue weighted by Crippen LogP contribution is -2.29. The van der Waals surface area contributed by atoms with Crippen molar-refractivity contribution in [2.45, 2.75) is 39.3 Å². The molecule has 6 heteroatoms. The summed E-state index contributed by atoms with van der Waals surface area (Å²) in [7, 11) is 1.67. The second kappa shape index (κ2) is 11.2. The normalized spacial score (nSPS) is 13.6. The number of ether oxygens (including phenoxy) is 2. The minimum atomic E-state index is 0.475. The smallest absolute Gasteiger partial charge is 0.167 e. The number of benzene rings is 3. The number of rotatable bonds is 8. The Morgan fingerprint density at radius 3 is 2.55 bits per heavy atom. The Labute approximate surface area is 210 Å². The first kappa shape index (κ1) is 23.8. The van der Waals surface area contributed by atoms with Crippen LogP contribution in [0, 0.1) is 6.92 Å². The first-order valence-electron chi connectivity index (χ1n) is 11.4. The standard InChI is InChI=1S/C27H30BrClN2O2/c1-19-8-4-5-9-20(19)18-33-27-22(23(28)11-13-26(27)32-2)17-30-21-10-12-25(24(29)16-21)31-14-6-3-7-15-31/h4-5,8-13,16,30H,3,6-7,14-15,17-18H2,1-2H3. The average Bonchev–Trinajstić information content (AvgIpc) is 2.83. The highest BCUT2D eigenvalue weighted by molar-refractivity contribution is 9.10. The van der Waals surface area contributed by atoms with Crippen LogP contribution in [-0.4, -0.2) is 20.2 Å². The first-order chi connectivity index (χ1) is 16.1. The fourth-order valence-electron chi connectivity index (χ4n) is 4.19. The molecule has 0 aromatic heterocycles. The first-order valence-corrected chi connectivity index (χ1v) is 12.5. The predicted octanol–water partition coefficient (Wildman–Crippen LogP) is 7.60. The van der Waals surface area contributed by atoms with Gasteiger partial charge in [-0.25, -0.2) is 0 Å². The molecule has 0 atom stereocenters. The van der Waals surface area contributed by atoms with Crippen LogP contribution in [-0.2, 0) is 13.2 Å². The highest BCUT2D eigenvalue weighted by Gasteiger charge is 2.17. The molecule has 174 valence electrons. The number of nitrogens with zero attached hydrogens (tertiary/aromatic N) is 1. The van der Waals surface area contributed by atoms with Gasteiger partial charge in [0.2, 0.25) is 0 Å². The molecule has 1 aliphatic heterocycles. The molecule has 0 bridgehead atoms. The zero-order chi connectivity index (χ0) is 23.2. The van der Waals surface area contributed by atoms with Crippen LogP contribution >= 0.6 is 27.5 Å². The van der Waals surface area contributed by atoms with Gasteiger partial charge >= 0.3 is 0 Å². The largest absolute Gasteiger partial charge is 0.493 e. The fourth-order valence-corrected chi connectivity index (χ4v) is 4.94. The number of anilines is 2. The molecule has 0 saturated carbocycles. The second-order valence-corrected chi connectivity index (χ2v) is 9.60. The van der Waals surface area contributed by atoms with Crippen LogP contribution in [0.3, 0.4) is 0 Å². The lowest BCUT2D eigenvalue weighted by atomic mass is 10.1. The highest BCUT2D eigenvalue weighted by Crippen LogP contribution is 2.38. The quantitative estimate of drug-likeness (QED) is 0.326. The minimum Gasteiger partial charge on any atom is -0.493 e.